The summed E-state index contributed by atoms with van der Waals surface area (Å²) in [6.45, 7) is 1.73. The van der Waals surface area contributed by atoms with Crippen LogP contribution in [0.5, 0.6) is 0 Å². The first-order valence-corrected chi connectivity index (χ1v) is 6.18. The summed E-state index contributed by atoms with van der Waals surface area (Å²) in [6.07, 6.45) is 0. The van der Waals surface area contributed by atoms with Crippen LogP contribution in [0.1, 0.15) is 6.92 Å². The van der Waals surface area contributed by atoms with Gasteiger partial charge in [0.2, 0.25) is 0 Å². The summed E-state index contributed by atoms with van der Waals surface area (Å²) in [5.74, 6) is 0.574. The number of benzene rings is 1. The van der Waals surface area contributed by atoms with E-state index in [1.165, 1.54) is 4.31 Å². The largest absolute Gasteiger partial charge is 0.277 e. The van der Waals surface area contributed by atoms with Crippen molar-refractivity contribution in [2.24, 2.45) is 4.99 Å². The normalized spacial score (nSPS) is 20.6. The number of hydrogen-bond acceptors (Lipinski definition) is 4. The van der Waals surface area contributed by atoms with Crippen molar-refractivity contribution in [1.29, 1.82) is 0 Å². The van der Waals surface area contributed by atoms with E-state index in [0.717, 1.165) is 0 Å². The molecule has 1 aliphatic heterocycles. The number of amidine groups is 1. The minimum Gasteiger partial charge on any atom is -0.277 e. The summed E-state index contributed by atoms with van der Waals surface area (Å²) in [4.78, 5) is 4.63. The van der Waals surface area contributed by atoms with E-state index in [1.807, 2.05) is 0 Å². The minimum atomic E-state index is -2.97. The van der Waals surface area contributed by atoms with Crippen molar-refractivity contribution in [3.63, 3.8) is 0 Å². The fourth-order valence-corrected chi connectivity index (χ4v) is 3.00. The Hall–Kier alpha value is -0.750. The molecule has 0 radical (unpaired) electrons. The zero-order chi connectivity index (χ0) is 11.2. The topological polar surface area (TPSA) is 56.1 Å². The molecule has 2 rings (SSSR count). The fraction of sp³-hybridized carbons (Fsp3) is 0.222. The number of rotatable bonds is 0. The number of fused-ring (bicyclic) bond motifs is 1. The van der Waals surface area contributed by atoms with Gasteiger partial charge in [0.15, 0.2) is 0 Å². The Kier molecular flexibility index (Phi) is 2.42. The monoisotopic (exact) mass is 246 g/mol. The molecule has 0 aromatic heterocycles. The smallest absolute Gasteiger partial charge is 0.120 e. The van der Waals surface area contributed by atoms with Gasteiger partial charge in [-0.15, -0.1) is 0 Å². The van der Waals surface area contributed by atoms with Crippen LogP contribution in [0.2, 0.25) is 5.02 Å². The predicted octanol–water partition coefficient (Wildman–Crippen LogP) is 3.36. The second-order valence-corrected chi connectivity index (χ2v) is 5.75. The van der Waals surface area contributed by atoms with E-state index >= 15 is 0 Å². The highest BCUT2D eigenvalue weighted by atomic mass is 35.5. The zero-order valence-electron chi connectivity index (χ0n) is 8.31. The average molecular weight is 247 g/mol. The lowest BCUT2D eigenvalue weighted by Crippen LogP contribution is -2.30. The molecule has 0 saturated carbocycles. The number of aliphatic imine (C=N–C) groups is 1. The Morgan fingerprint density at radius 3 is 2.73 bits per heavy atom. The van der Waals surface area contributed by atoms with Gasteiger partial charge in [0.05, 0.1) is 5.69 Å². The fourth-order valence-electron chi connectivity index (χ4n) is 1.38. The molecule has 0 fully saturated rings. The van der Waals surface area contributed by atoms with Crippen LogP contribution >= 0.6 is 22.4 Å². The molecule has 15 heavy (non-hydrogen) atoms. The van der Waals surface area contributed by atoms with E-state index in [2.05, 4.69) is 4.99 Å². The first-order valence-electron chi connectivity index (χ1n) is 4.30. The van der Waals surface area contributed by atoms with Gasteiger partial charge in [0, 0.05) is 12.1 Å². The van der Waals surface area contributed by atoms with Crippen molar-refractivity contribution < 1.29 is 9.11 Å². The van der Waals surface area contributed by atoms with Crippen molar-refractivity contribution in [1.82, 2.24) is 4.31 Å². The molecule has 0 aliphatic carbocycles. The summed E-state index contributed by atoms with van der Waals surface area (Å²) in [6, 6.07) is 4.90. The Morgan fingerprint density at radius 1 is 1.40 bits per heavy atom. The van der Waals surface area contributed by atoms with E-state index in [0.29, 0.717) is 21.4 Å². The van der Waals surface area contributed by atoms with E-state index < -0.39 is 10.8 Å². The van der Waals surface area contributed by atoms with Gasteiger partial charge in [-0.05, 0) is 25.1 Å². The molecule has 2 N–H and O–H groups in total. The molecule has 0 saturated heterocycles. The third kappa shape index (κ3) is 1.61. The molecule has 0 atom stereocenters. The van der Waals surface area contributed by atoms with Crippen LogP contribution in [0.4, 0.5) is 5.69 Å². The second-order valence-electron chi connectivity index (χ2n) is 3.29. The maximum Gasteiger partial charge on any atom is 0.120 e. The predicted molar refractivity (Wildman–Crippen MR) is 63.1 cm³/mol. The Labute approximate surface area is 94.7 Å². The van der Waals surface area contributed by atoms with Crippen LogP contribution in [0, 0.1) is 0 Å². The van der Waals surface area contributed by atoms with Crippen LogP contribution in [0.15, 0.2) is 28.1 Å². The van der Waals surface area contributed by atoms with Gasteiger partial charge >= 0.3 is 0 Å². The highest BCUT2D eigenvalue weighted by molar-refractivity contribution is 8.22. The van der Waals surface area contributed by atoms with Crippen LogP contribution in [0.25, 0.3) is 0 Å². The van der Waals surface area contributed by atoms with Gasteiger partial charge in [-0.2, -0.15) is 0 Å². The summed E-state index contributed by atoms with van der Waals surface area (Å²) < 4.78 is 21.4. The van der Waals surface area contributed by atoms with Gasteiger partial charge in [0.25, 0.3) is 0 Å². The summed E-state index contributed by atoms with van der Waals surface area (Å²) in [5.41, 5.74) is 0.565. The Balaban J connectivity index is 2.68. The first kappa shape index (κ1) is 10.8. The average Bonchev–Trinajstić information content (AvgIpc) is 2.17. The molecule has 82 valence electrons. The van der Waals surface area contributed by atoms with Gasteiger partial charge in [-0.1, -0.05) is 22.4 Å². The number of nitrogens with zero attached hydrogens (tertiary/aromatic N) is 2. The molecule has 1 aromatic carbocycles. The maximum absolute atomic E-state index is 10.0. The molecule has 4 nitrogen and oxygen atoms in total. The molecular weight excluding hydrogens is 236 g/mol. The van der Waals surface area contributed by atoms with E-state index in [4.69, 9.17) is 11.6 Å². The van der Waals surface area contributed by atoms with Crippen LogP contribution in [0.3, 0.4) is 0 Å². The second kappa shape index (κ2) is 3.38. The van der Waals surface area contributed by atoms with Gasteiger partial charge < -0.3 is 0 Å². The molecule has 1 heterocycles. The van der Waals surface area contributed by atoms with Crippen molar-refractivity contribution in [2.75, 3.05) is 7.05 Å². The molecule has 0 amide bonds. The molecule has 6 heteroatoms. The molecule has 1 aromatic rings. The van der Waals surface area contributed by atoms with Crippen molar-refractivity contribution in [3.8, 4) is 0 Å². The molecule has 0 unspecified atom stereocenters. The lowest BCUT2D eigenvalue weighted by Gasteiger charge is -2.44. The highest BCUT2D eigenvalue weighted by Gasteiger charge is 2.29. The van der Waals surface area contributed by atoms with Crippen molar-refractivity contribution in [3.05, 3.63) is 23.2 Å². The highest BCUT2D eigenvalue weighted by Crippen LogP contribution is 2.57. The molecular formula is C9H11ClN2O2S. The Morgan fingerprint density at radius 2 is 2.07 bits per heavy atom. The zero-order valence-corrected chi connectivity index (χ0v) is 9.88. The maximum atomic E-state index is 10.0. The molecule has 1 aliphatic rings. The van der Waals surface area contributed by atoms with E-state index in [9.17, 15) is 9.11 Å². The molecule has 0 spiro atoms. The van der Waals surface area contributed by atoms with Gasteiger partial charge in [-0.25, -0.2) is 4.99 Å². The van der Waals surface area contributed by atoms with E-state index in [-0.39, 0.29) is 0 Å². The number of halogens is 1. The summed E-state index contributed by atoms with van der Waals surface area (Å²) >= 11 is 5.81. The van der Waals surface area contributed by atoms with Crippen molar-refractivity contribution in [2.45, 2.75) is 11.8 Å². The standard InChI is InChI=1S/C9H11ClN2O2S/c1-6-11-8-4-3-7(10)5-9(8)15(13,14)12(6)2/h3-5,13-14H,1-2H3. The van der Waals surface area contributed by atoms with E-state index in [1.54, 1.807) is 32.2 Å². The lowest BCUT2D eigenvalue weighted by molar-refractivity contribution is 0.436. The van der Waals surface area contributed by atoms with Gasteiger partial charge in [0.1, 0.15) is 10.7 Å². The van der Waals surface area contributed by atoms with Crippen LogP contribution < -0.4 is 0 Å². The SMILES string of the molecule is CC1=Nc2ccc(Cl)cc2S(O)(O)N1C. The van der Waals surface area contributed by atoms with Gasteiger partial charge in [-0.3, -0.25) is 13.4 Å². The first-order chi connectivity index (χ1) is 6.93. The summed E-state index contributed by atoms with van der Waals surface area (Å²) in [5, 5.41) is 0.469. The Bertz CT molecular complexity index is 448. The quantitative estimate of drug-likeness (QED) is 0.738. The van der Waals surface area contributed by atoms with Crippen LogP contribution in [-0.2, 0) is 0 Å². The van der Waals surface area contributed by atoms with Crippen LogP contribution in [-0.4, -0.2) is 26.3 Å². The lowest BCUT2D eigenvalue weighted by atomic mass is 10.3. The third-order valence-electron chi connectivity index (χ3n) is 2.34. The van der Waals surface area contributed by atoms with Crippen molar-refractivity contribution >= 4 is 33.9 Å². The third-order valence-corrected chi connectivity index (χ3v) is 4.52. The molecule has 0 bridgehead atoms. The number of hydrogen-bond donors (Lipinski definition) is 2. The minimum absolute atomic E-state index is 0.378. The summed E-state index contributed by atoms with van der Waals surface area (Å²) in [7, 11) is -1.38.